The number of hydrogen-bond donors (Lipinski definition) is 1. The third-order valence-electron chi connectivity index (χ3n) is 4.60. The van der Waals surface area contributed by atoms with Gasteiger partial charge in [-0.3, -0.25) is 14.2 Å². The molecule has 0 fully saturated rings. The summed E-state index contributed by atoms with van der Waals surface area (Å²) in [6.07, 6.45) is 0.373. The SMILES string of the molecule is CCC(C(N)=O)n1c(C)nc2sc(C(=O)OCc3ccccc3)c(C)c2c1=O. The Kier molecular flexibility index (Phi) is 5.60. The zero-order valence-corrected chi connectivity index (χ0v) is 16.7. The van der Waals surface area contributed by atoms with Gasteiger partial charge in [0.05, 0.1) is 5.39 Å². The fraction of sp³-hybridized carbons (Fsp3) is 0.300. The van der Waals surface area contributed by atoms with Gasteiger partial charge in [-0.1, -0.05) is 37.3 Å². The first kappa shape index (κ1) is 19.8. The number of thiophene rings is 1. The molecule has 1 amide bonds. The van der Waals surface area contributed by atoms with Crippen molar-refractivity contribution < 1.29 is 14.3 Å². The van der Waals surface area contributed by atoms with E-state index in [-0.39, 0.29) is 12.2 Å². The molecular weight excluding hydrogens is 378 g/mol. The van der Waals surface area contributed by atoms with Crippen molar-refractivity contribution in [2.75, 3.05) is 0 Å². The lowest BCUT2D eigenvalue weighted by atomic mass is 10.1. The molecule has 0 aliphatic carbocycles. The second-order valence-electron chi connectivity index (χ2n) is 6.46. The van der Waals surface area contributed by atoms with Crippen LogP contribution < -0.4 is 11.3 Å². The smallest absolute Gasteiger partial charge is 0.349 e. The number of aryl methyl sites for hydroxylation is 2. The number of benzene rings is 1. The van der Waals surface area contributed by atoms with Crippen molar-refractivity contribution in [3.63, 3.8) is 0 Å². The number of hydrogen-bond acceptors (Lipinski definition) is 6. The van der Waals surface area contributed by atoms with Gasteiger partial charge >= 0.3 is 5.97 Å². The quantitative estimate of drug-likeness (QED) is 0.642. The van der Waals surface area contributed by atoms with Crippen LogP contribution in [-0.2, 0) is 16.1 Å². The van der Waals surface area contributed by atoms with Gasteiger partial charge in [0.1, 0.15) is 28.2 Å². The molecule has 3 rings (SSSR count). The van der Waals surface area contributed by atoms with Crippen molar-refractivity contribution in [1.82, 2.24) is 9.55 Å². The topological polar surface area (TPSA) is 104 Å². The summed E-state index contributed by atoms with van der Waals surface area (Å²) >= 11 is 1.12. The minimum absolute atomic E-state index is 0.142. The molecule has 0 saturated heterocycles. The van der Waals surface area contributed by atoms with Gasteiger partial charge in [0.2, 0.25) is 5.91 Å². The van der Waals surface area contributed by atoms with Gasteiger partial charge in [0.15, 0.2) is 0 Å². The Morgan fingerprint density at radius 3 is 2.54 bits per heavy atom. The number of aromatic nitrogens is 2. The van der Waals surface area contributed by atoms with Gasteiger partial charge < -0.3 is 10.5 Å². The van der Waals surface area contributed by atoms with E-state index < -0.39 is 17.9 Å². The molecule has 1 aromatic carbocycles. The Hall–Kier alpha value is -3.00. The third kappa shape index (κ3) is 3.55. The number of rotatable bonds is 6. The molecular formula is C20H21N3O4S. The monoisotopic (exact) mass is 399 g/mol. The van der Waals surface area contributed by atoms with E-state index in [1.165, 1.54) is 4.57 Å². The van der Waals surface area contributed by atoms with Crippen LogP contribution >= 0.6 is 11.3 Å². The summed E-state index contributed by atoms with van der Waals surface area (Å²) in [4.78, 5) is 42.6. The number of nitrogens with zero attached hydrogens (tertiary/aromatic N) is 2. The zero-order valence-electron chi connectivity index (χ0n) is 15.9. The maximum atomic E-state index is 13.1. The molecule has 0 aliphatic rings. The standard InChI is InChI=1S/C20H21N3O4S/c1-4-14(17(21)24)23-12(3)22-18-15(19(23)25)11(2)16(28-18)20(26)27-10-13-8-6-5-7-9-13/h5-9,14H,4,10H2,1-3H3,(H2,21,24). The van der Waals surface area contributed by atoms with Crippen LogP contribution in [0.25, 0.3) is 10.2 Å². The highest BCUT2D eigenvalue weighted by atomic mass is 32.1. The van der Waals surface area contributed by atoms with Crippen LogP contribution in [0.3, 0.4) is 0 Å². The number of ether oxygens (including phenoxy) is 1. The van der Waals surface area contributed by atoms with Crippen molar-refractivity contribution in [3.8, 4) is 0 Å². The van der Waals surface area contributed by atoms with E-state index in [0.717, 1.165) is 16.9 Å². The van der Waals surface area contributed by atoms with E-state index in [9.17, 15) is 14.4 Å². The first-order valence-electron chi connectivity index (χ1n) is 8.87. The first-order chi connectivity index (χ1) is 13.3. The molecule has 146 valence electrons. The highest BCUT2D eigenvalue weighted by molar-refractivity contribution is 7.20. The van der Waals surface area contributed by atoms with Crippen LogP contribution in [0.2, 0.25) is 0 Å². The highest BCUT2D eigenvalue weighted by Gasteiger charge is 2.25. The summed E-state index contributed by atoms with van der Waals surface area (Å²) in [5.41, 5.74) is 6.45. The van der Waals surface area contributed by atoms with Gasteiger partial charge in [-0.15, -0.1) is 11.3 Å². The van der Waals surface area contributed by atoms with Gasteiger partial charge in [-0.05, 0) is 31.4 Å². The Morgan fingerprint density at radius 1 is 1.25 bits per heavy atom. The first-order valence-corrected chi connectivity index (χ1v) is 9.69. The van der Waals surface area contributed by atoms with Crippen LogP contribution in [0.4, 0.5) is 0 Å². The molecule has 3 aromatic rings. The normalized spacial score (nSPS) is 12.1. The lowest BCUT2D eigenvalue weighted by Gasteiger charge is -2.17. The van der Waals surface area contributed by atoms with Crippen molar-refractivity contribution in [3.05, 3.63) is 62.5 Å². The number of amides is 1. The summed E-state index contributed by atoms with van der Waals surface area (Å²) < 4.78 is 6.70. The number of carbonyl (C=O) groups excluding carboxylic acids is 2. The number of fused-ring (bicyclic) bond motifs is 1. The van der Waals surface area contributed by atoms with Crippen LogP contribution in [0.1, 0.15) is 46.0 Å². The van der Waals surface area contributed by atoms with Crippen LogP contribution in [0.5, 0.6) is 0 Å². The minimum Gasteiger partial charge on any atom is -0.457 e. The highest BCUT2D eigenvalue weighted by Crippen LogP contribution is 2.29. The molecule has 28 heavy (non-hydrogen) atoms. The molecule has 0 aliphatic heterocycles. The van der Waals surface area contributed by atoms with Gasteiger partial charge in [0, 0.05) is 0 Å². The second-order valence-corrected chi connectivity index (χ2v) is 7.46. The predicted octanol–water partition coefficient (Wildman–Crippen LogP) is 2.87. The van der Waals surface area contributed by atoms with E-state index in [1.807, 2.05) is 30.3 Å². The minimum atomic E-state index is -0.780. The van der Waals surface area contributed by atoms with E-state index in [2.05, 4.69) is 4.98 Å². The molecule has 7 nitrogen and oxygen atoms in total. The second kappa shape index (κ2) is 7.93. The summed E-state index contributed by atoms with van der Waals surface area (Å²) in [6, 6.07) is 8.57. The molecule has 0 saturated carbocycles. The van der Waals surface area contributed by atoms with Crippen molar-refractivity contribution in [1.29, 1.82) is 0 Å². The third-order valence-corrected chi connectivity index (χ3v) is 5.76. The zero-order chi connectivity index (χ0) is 20.4. The van der Waals surface area contributed by atoms with Crippen LogP contribution in [-0.4, -0.2) is 21.4 Å². The molecule has 2 heterocycles. The Morgan fingerprint density at radius 2 is 1.93 bits per heavy atom. The number of carbonyl (C=O) groups is 2. The molecule has 0 bridgehead atoms. The molecule has 2 N–H and O–H groups in total. The van der Waals surface area contributed by atoms with Gasteiger partial charge in [-0.2, -0.15) is 0 Å². The molecule has 0 radical (unpaired) electrons. The maximum absolute atomic E-state index is 13.1. The molecule has 1 unspecified atom stereocenters. The Balaban J connectivity index is 2.01. The van der Waals surface area contributed by atoms with Crippen LogP contribution in [0, 0.1) is 13.8 Å². The maximum Gasteiger partial charge on any atom is 0.349 e. The average Bonchev–Trinajstić information content (AvgIpc) is 3.00. The van der Waals surface area contributed by atoms with Crippen molar-refractivity contribution in [2.24, 2.45) is 5.73 Å². The van der Waals surface area contributed by atoms with Crippen LogP contribution in [0.15, 0.2) is 35.1 Å². The lowest BCUT2D eigenvalue weighted by Crippen LogP contribution is -2.35. The van der Waals surface area contributed by atoms with Gasteiger partial charge in [0.25, 0.3) is 5.56 Å². The number of nitrogens with two attached hydrogens (primary N) is 1. The summed E-state index contributed by atoms with van der Waals surface area (Å²) in [5.74, 6) is -0.715. The number of esters is 1. The van der Waals surface area contributed by atoms with Gasteiger partial charge in [-0.25, -0.2) is 9.78 Å². The predicted molar refractivity (Wildman–Crippen MR) is 107 cm³/mol. The largest absolute Gasteiger partial charge is 0.457 e. The summed E-state index contributed by atoms with van der Waals surface area (Å²) in [5, 5.41) is 0.321. The summed E-state index contributed by atoms with van der Waals surface area (Å²) in [6.45, 7) is 5.25. The van der Waals surface area contributed by atoms with Crippen molar-refractivity contribution in [2.45, 2.75) is 39.8 Å². The van der Waals surface area contributed by atoms with Crippen molar-refractivity contribution >= 4 is 33.4 Å². The molecule has 1 atom stereocenters. The fourth-order valence-corrected chi connectivity index (χ4v) is 4.27. The van der Waals surface area contributed by atoms with E-state index in [1.54, 1.807) is 20.8 Å². The fourth-order valence-electron chi connectivity index (χ4n) is 3.16. The van der Waals surface area contributed by atoms with E-state index in [4.69, 9.17) is 10.5 Å². The Labute approximate surface area is 165 Å². The molecule has 2 aromatic heterocycles. The van der Waals surface area contributed by atoms with E-state index >= 15 is 0 Å². The summed E-state index contributed by atoms with van der Waals surface area (Å²) in [7, 11) is 0. The molecule has 0 spiro atoms. The lowest BCUT2D eigenvalue weighted by molar-refractivity contribution is -0.121. The Bertz CT molecular complexity index is 1100. The molecule has 8 heteroatoms. The van der Waals surface area contributed by atoms with E-state index in [0.29, 0.717) is 32.9 Å². The average molecular weight is 399 g/mol. The number of primary amides is 1.